The standard InChI is InChI=1S/C15H18O3S2/c1-13-9-11-15(12-10-13)20(16,17)18-19(2,3)14-7-5-4-6-8-14/h4-12H,1-3H3. The topological polar surface area (TPSA) is 43.4 Å². The van der Waals surface area contributed by atoms with Crippen molar-refractivity contribution in [3.05, 3.63) is 60.2 Å². The Kier molecular flexibility index (Phi) is 4.22. The highest BCUT2D eigenvalue weighted by Crippen LogP contribution is 2.52. The molecule has 2 rings (SSSR count). The second-order valence-electron chi connectivity index (χ2n) is 4.88. The van der Waals surface area contributed by atoms with Crippen molar-refractivity contribution in [2.24, 2.45) is 0 Å². The highest BCUT2D eigenvalue weighted by Gasteiger charge is 2.25. The first-order chi connectivity index (χ1) is 9.31. The summed E-state index contributed by atoms with van der Waals surface area (Å²) in [7, 11) is -5.61. The van der Waals surface area contributed by atoms with Crippen LogP contribution in [0.15, 0.2) is 64.4 Å². The lowest BCUT2D eigenvalue weighted by Gasteiger charge is -2.30. The van der Waals surface area contributed by atoms with Gasteiger partial charge in [-0.05, 0) is 43.7 Å². The van der Waals surface area contributed by atoms with Crippen LogP contribution >= 0.6 is 10.3 Å². The van der Waals surface area contributed by atoms with E-state index >= 15 is 0 Å². The van der Waals surface area contributed by atoms with E-state index in [0.717, 1.165) is 10.5 Å². The largest absolute Gasteiger partial charge is 0.306 e. The molecule has 0 bridgehead atoms. The monoisotopic (exact) mass is 310 g/mol. The van der Waals surface area contributed by atoms with Crippen molar-refractivity contribution in [1.29, 1.82) is 0 Å². The van der Waals surface area contributed by atoms with Crippen molar-refractivity contribution in [3.8, 4) is 0 Å². The first kappa shape index (κ1) is 15.1. The van der Waals surface area contributed by atoms with Gasteiger partial charge in [-0.25, -0.2) is 3.63 Å². The van der Waals surface area contributed by atoms with E-state index in [4.69, 9.17) is 3.63 Å². The third-order valence-corrected chi connectivity index (χ3v) is 7.21. The fourth-order valence-corrected chi connectivity index (χ4v) is 5.46. The molecular weight excluding hydrogens is 292 g/mol. The van der Waals surface area contributed by atoms with E-state index in [1.54, 1.807) is 24.3 Å². The van der Waals surface area contributed by atoms with Crippen molar-refractivity contribution in [1.82, 2.24) is 0 Å². The van der Waals surface area contributed by atoms with Crippen molar-refractivity contribution in [2.75, 3.05) is 12.5 Å². The molecule has 0 fully saturated rings. The average Bonchev–Trinajstić information content (AvgIpc) is 2.39. The fourth-order valence-electron chi connectivity index (χ4n) is 1.76. The maximum absolute atomic E-state index is 12.3. The summed E-state index contributed by atoms with van der Waals surface area (Å²) >= 11 is 0. The van der Waals surface area contributed by atoms with Gasteiger partial charge < -0.3 is 0 Å². The minimum atomic E-state index is -3.75. The number of aryl methyl sites for hydroxylation is 1. The molecule has 0 saturated carbocycles. The predicted octanol–water partition coefficient (Wildman–Crippen LogP) is 3.74. The molecule has 0 saturated heterocycles. The first-order valence-corrected chi connectivity index (χ1v) is 9.91. The van der Waals surface area contributed by atoms with Crippen molar-refractivity contribution >= 4 is 20.4 Å². The number of rotatable bonds is 4. The lowest BCUT2D eigenvalue weighted by Crippen LogP contribution is -2.11. The van der Waals surface area contributed by atoms with Crippen LogP contribution in [0.2, 0.25) is 0 Å². The third kappa shape index (κ3) is 3.42. The zero-order valence-corrected chi connectivity index (χ0v) is 13.4. The molecule has 0 unspecified atom stereocenters. The van der Waals surface area contributed by atoms with E-state index in [1.165, 1.54) is 0 Å². The zero-order valence-electron chi connectivity index (χ0n) is 11.7. The van der Waals surface area contributed by atoms with Crippen LogP contribution in [0.25, 0.3) is 0 Å². The second-order valence-corrected chi connectivity index (χ2v) is 9.74. The summed E-state index contributed by atoms with van der Waals surface area (Å²) in [6.07, 6.45) is 3.65. The molecule has 0 atom stereocenters. The molecule has 0 aromatic heterocycles. The number of benzene rings is 2. The molecule has 0 aliphatic carbocycles. The average molecular weight is 310 g/mol. The number of hydrogen-bond donors (Lipinski definition) is 0. The van der Waals surface area contributed by atoms with E-state index in [1.807, 2.05) is 49.8 Å². The van der Waals surface area contributed by atoms with Gasteiger partial charge in [0, 0.05) is 4.90 Å². The van der Waals surface area contributed by atoms with Crippen molar-refractivity contribution < 1.29 is 12.0 Å². The molecule has 0 heterocycles. The molecule has 108 valence electrons. The Morgan fingerprint density at radius 3 is 1.90 bits per heavy atom. The molecule has 5 heteroatoms. The van der Waals surface area contributed by atoms with Crippen LogP contribution in [-0.4, -0.2) is 20.9 Å². The van der Waals surface area contributed by atoms with Gasteiger partial charge in [0.25, 0.3) is 0 Å². The van der Waals surface area contributed by atoms with Crippen molar-refractivity contribution in [3.63, 3.8) is 0 Å². The van der Waals surface area contributed by atoms with Gasteiger partial charge in [0.2, 0.25) is 0 Å². The summed E-state index contributed by atoms with van der Waals surface area (Å²) in [5, 5.41) is 0. The molecule has 0 aliphatic heterocycles. The Hall–Kier alpha value is -1.30. The minimum absolute atomic E-state index is 0.194. The first-order valence-electron chi connectivity index (χ1n) is 6.12. The molecule has 20 heavy (non-hydrogen) atoms. The quantitative estimate of drug-likeness (QED) is 0.864. The normalized spacial score (nSPS) is 13.2. The smallest absolute Gasteiger partial charge is 0.212 e. The van der Waals surface area contributed by atoms with E-state index in [9.17, 15) is 8.42 Å². The highest BCUT2D eigenvalue weighted by atomic mass is 32.3. The van der Waals surface area contributed by atoms with Gasteiger partial charge in [-0.15, -0.1) is 0 Å². The molecule has 0 aliphatic rings. The molecule has 2 aromatic carbocycles. The zero-order chi connectivity index (χ0) is 14.8. The molecular formula is C15H18O3S2. The van der Waals surface area contributed by atoms with Crippen LogP contribution in [0.4, 0.5) is 0 Å². The Balaban J connectivity index is 2.30. The van der Waals surface area contributed by atoms with E-state index in [-0.39, 0.29) is 4.90 Å². The Morgan fingerprint density at radius 2 is 1.35 bits per heavy atom. The third-order valence-electron chi connectivity index (χ3n) is 2.88. The summed E-state index contributed by atoms with van der Waals surface area (Å²) in [6.45, 7) is 1.91. The van der Waals surface area contributed by atoms with Gasteiger partial charge in [0.15, 0.2) is 0 Å². The van der Waals surface area contributed by atoms with Gasteiger partial charge >= 0.3 is 10.1 Å². The van der Waals surface area contributed by atoms with Crippen LogP contribution < -0.4 is 0 Å². The van der Waals surface area contributed by atoms with Crippen LogP contribution in [-0.2, 0) is 13.7 Å². The second kappa shape index (κ2) is 5.60. The summed E-state index contributed by atoms with van der Waals surface area (Å²) in [4.78, 5) is 1.09. The lowest BCUT2D eigenvalue weighted by molar-refractivity contribution is 0.511. The summed E-state index contributed by atoms with van der Waals surface area (Å²) in [6, 6.07) is 16.1. The molecule has 0 amide bonds. The molecule has 2 aromatic rings. The van der Waals surface area contributed by atoms with Crippen LogP contribution in [0.1, 0.15) is 5.56 Å². The van der Waals surface area contributed by atoms with Crippen LogP contribution in [0.3, 0.4) is 0 Å². The van der Waals surface area contributed by atoms with Gasteiger partial charge in [-0.3, -0.25) is 0 Å². The Bertz CT molecular complexity index is 675. The maximum Gasteiger partial charge on any atom is 0.306 e. The van der Waals surface area contributed by atoms with Crippen molar-refractivity contribution in [2.45, 2.75) is 16.7 Å². The highest BCUT2D eigenvalue weighted by molar-refractivity contribution is 8.32. The fraction of sp³-hybridized carbons (Fsp3) is 0.200. The predicted molar refractivity (Wildman–Crippen MR) is 83.6 cm³/mol. The molecule has 0 spiro atoms. The minimum Gasteiger partial charge on any atom is -0.212 e. The van der Waals surface area contributed by atoms with E-state index < -0.39 is 20.4 Å². The van der Waals surface area contributed by atoms with E-state index in [2.05, 4.69) is 0 Å². The van der Waals surface area contributed by atoms with Crippen LogP contribution in [0, 0.1) is 6.92 Å². The molecule has 0 radical (unpaired) electrons. The summed E-state index contributed by atoms with van der Waals surface area (Å²) in [5.74, 6) is 0. The molecule has 3 nitrogen and oxygen atoms in total. The Labute approximate surface area is 122 Å². The SMILES string of the molecule is Cc1ccc(S(=O)(=O)OS(C)(C)c2ccccc2)cc1. The molecule has 0 N–H and O–H groups in total. The van der Waals surface area contributed by atoms with E-state index in [0.29, 0.717) is 0 Å². The maximum atomic E-state index is 12.3. The van der Waals surface area contributed by atoms with Gasteiger partial charge in [0.1, 0.15) is 0 Å². The summed E-state index contributed by atoms with van der Waals surface area (Å²) in [5.41, 5.74) is 1.01. The van der Waals surface area contributed by atoms with Gasteiger partial charge in [-0.1, -0.05) is 46.2 Å². The summed E-state index contributed by atoms with van der Waals surface area (Å²) < 4.78 is 30.2. The Morgan fingerprint density at radius 1 is 0.800 bits per heavy atom. The number of hydrogen-bond acceptors (Lipinski definition) is 3. The van der Waals surface area contributed by atoms with Gasteiger partial charge in [0.05, 0.1) is 4.90 Å². The van der Waals surface area contributed by atoms with Crippen LogP contribution in [0.5, 0.6) is 0 Å². The lowest BCUT2D eigenvalue weighted by atomic mass is 10.2. The van der Waals surface area contributed by atoms with Gasteiger partial charge in [-0.2, -0.15) is 8.42 Å².